The van der Waals surface area contributed by atoms with Gasteiger partial charge < -0.3 is 9.47 Å². The van der Waals surface area contributed by atoms with Crippen molar-refractivity contribution in [1.29, 1.82) is 0 Å². The molecule has 1 aromatic carbocycles. The van der Waals surface area contributed by atoms with Gasteiger partial charge in [0.05, 0.1) is 9.99 Å². The van der Waals surface area contributed by atoms with Crippen LogP contribution >= 0.6 is 15.9 Å². The molecule has 0 saturated carbocycles. The van der Waals surface area contributed by atoms with Crippen LogP contribution in [0, 0.1) is 0 Å². The zero-order valence-electron chi connectivity index (χ0n) is 8.24. The standard InChI is InChI=1S/C11H10BrNO2/c1-14-7-15-11-5-8-3-2-4-13-10(8)6-9(11)12/h2-6H,7H2,1H3. The normalized spacial score (nSPS) is 10.5. The van der Waals surface area contributed by atoms with Crippen molar-refractivity contribution < 1.29 is 9.47 Å². The molecule has 2 rings (SSSR count). The SMILES string of the molecule is COCOc1cc2cccnc2cc1Br. The van der Waals surface area contributed by atoms with E-state index in [9.17, 15) is 0 Å². The van der Waals surface area contributed by atoms with Crippen LogP contribution in [0.15, 0.2) is 34.9 Å². The van der Waals surface area contributed by atoms with E-state index in [2.05, 4.69) is 20.9 Å². The molecule has 0 aliphatic carbocycles. The van der Waals surface area contributed by atoms with Gasteiger partial charge in [-0.1, -0.05) is 6.07 Å². The molecule has 0 atom stereocenters. The summed E-state index contributed by atoms with van der Waals surface area (Å²) >= 11 is 3.43. The van der Waals surface area contributed by atoms with E-state index < -0.39 is 0 Å². The van der Waals surface area contributed by atoms with Crippen LogP contribution in [0.1, 0.15) is 0 Å². The molecular formula is C11H10BrNO2. The molecule has 15 heavy (non-hydrogen) atoms. The Morgan fingerprint density at radius 2 is 2.27 bits per heavy atom. The Morgan fingerprint density at radius 1 is 1.40 bits per heavy atom. The molecule has 0 saturated heterocycles. The fraction of sp³-hybridized carbons (Fsp3) is 0.182. The van der Waals surface area contributed by atoms with Gasteiger partial charge in [-0.15, -0.1) is 0 Å². The lowest BCUT2D eigenvalue weighted by atomic mass is 10.2. The molecule has 1 aromatic heterocycles. The van der Waals surface area contributed by atoms with Gasteiger partial charge in [0.15, 0.2) is 6.79 Å². The minimum Gasteiger partial charge on any atom is -0.466 e. The first-order valence-corrected chi connectivity index (χ1v) is 5.26. The number of hydrogen-bond donors (Lipinski definition) is 0. The first-order valence-electron chi connectivity index (χ1n) is 4.47. The van der Waals surface area contributed by atoms with Crippen LogP contribution in [0.2, 0.25) is 0 Å². The van der Waals surface area contributed by atoms with Gasteiger partial charge in [-0.05, 0) is 34.1 Å². The molecular weight excluding hydrogens is 258 g/mol. The molecule has 3 nitrogen and oxygen atoms in total. The predicted octanol–water partition coefficient (Wildman–Crippen LogP) is 2.98. The molecule has 0 N–H and O–H groups in total. The summed E-state index contributed by atoms with van der Waals surface area (Å²) in [6.07, 6.45) is 1.77. The van der Waals surface area contributed by atoms with Gasteiger partial charge in [0.2, 0.25) is 0 Å². The number of benzene rings is 1. The Morgan fingerprint density at radius 3 is 3.07 bits per heavy atom. The number of methoxy groups -OCH3 is 1. The Kier molecular flexibility index (Phi) is 3.18. The first-order chi connectivity index (χ1) is 7.31. The largest absolute Gasteiger partial charge is 0.466 e. The third-order valence-corrected chi connectivity index (χ3v) is 2.61. The van der Waals surface area contributed by atoms with Crippen molar-refractivity contribution in [2.75, 3.05) is 13.9 Å². The first kappa shape index (κ1) is 10.4. The van der Waals surface area contributed by atoms with Crippen molar-refractivity contribution in [3.8, 4) is 5.75 Å². The van der Waals surface area contributed by atoms with Crippen molar-refractivity contribution >= 4 is 26.8 Å². The number of pyridine rings is 1. The minimum atomic E-state index is 0.240. The summed E-state index contributed by atoms with van der Waals surface area (Å²) in [7, 11) is 1.59. The van der Waals surface area contributed by atoms with Crippen LogP contribution in [0.3, 0.4) is 0 Å². The van der Waals surface area contributed by atoms with Gasteiger partial charge in [0, 0.05) is 18.7 Å². The Bertz CT molecular complexity index is 473. The lowest BCUT2D eigenvalue weighted by molar-refractivity contribution is 0.0507. The zero-order valence-corrected chi connectivity index (χ0v) is 9.82. The molecule has 0 unspecified atom stereocenters. The van der Waals surface area contributed by atoms with Gasteiger partial charge in [-0.3, -0.25) is 4.98 Å². The molecule has 78 valence electrons. The molecule has 0 aliphatic heterocycles. The van der Waals surface area contributed by atoms with Crippen LogP contribution in [0.5, 0.6) is 5.75 Å². The lowest BCUT2D eigenvalue weighted by Crippen LogP contribution is -1.99. The highest BCUT2D eigenvalue weighted by molar-refractivity contribution is 9.10. The van der Waals surface area contributed by atoms with Gasteiger partial charge >= 0.3 is 0 Å². The van der Waals surface area contributed by atoms with Crippen molar-refractivity contribution in [3.05, 3.63) is 34.9 Å². The topological polar surface area (TPSA) is 31.4 Å². The molecule has 0 amide bonds. The molecule has 0 radical (unpaired) electrons. The second kappa shape index (κ2) is 4.59. The third-order valence-electron chi connectivity index (χ3n) is 1.99. The van der Waals surface area contributed by atoms with Crippen LogP contribution in [0.4, 0.5) is 0 Å². The molecule has 0 spiro atoms. The second-order valence-corrected chi connectivity index (χ2v) is 3.88. The highest BCUT2D eigenvalue weighted by Gasteiger charge is 2.03. The highest BCUT2D eigenvalue weighted by Crippen LogP contribution is 2.29. The van der Waals surface area contributed by atoms with Crippen LogP contribution in [-0.4, -0.2) is 18.9 Å². The van der Waals surface area contributed by atoms with E-state index in [1.54, 1.807) is 13.3 Å². The molecule has 4 heteroatoms. The van der Waals surface area contributed by atoms with Crippen LogP contribution in [0.25, 0.3) is 10.9 Å². The van der Waals surface area contributed by atoms with E-state index in [4.69, 9.17) is 9.47 Å². The van der Waals surface area contributed by atoms with Crippen LogP contribution in [-0.2, 0) is 4.74 Å². The quantitative estimate of drug-likeness (QED) is 0.802. The lowest BCUT2D eigenvalue weighted by Gasteiger charge is -2.07. The van der Waals surface area contributed by atoms with Crippen LogP contribution < -0.4 is 4.74 Å². The van der Waals surface area contributed by atoms with E-state index in [0.717, 1.165) is 21.1 Å². The van der Waals surface area contributed by atoms with Gasteiger partial charge in [-0.2, -0.15) is 0 Å². The molecule has 0 bridgehead atoms. The highest BCUT2D eigenvalue weighted by atomic mass is 79.9. The van der Waals surface area contributed by atoms with Crippen molar-refractivity contribution in [2.24, 2.45) is 0 Å². The second-order valence-electron chi connectivity index (χ2n) is 3.03. The average molecular weight is 268 g/mol. The fourth-order valence-corrected chi connectivity index (χ4v) is 1.75. The summed E-state index contributed by atoms with van der Waals surface area (Å²) in [6.45, 7) is 0.240. The Labute approximate surface area is 96.2 Å². The van der Waals surface area contributed by atoms with E-state index in [0.29, 0.717) is 0 Å². The van der Waals surface area contributed by atoms with Crippen molar-refractivity contribution in [1.82, 2.24) is 4.98 Å². The Balaban J connectivity index is 2.43. The summed E-state index contributed by atoms with van der Waals surface area (Å²) in [4.78, 5) is 4.25. The molecule has 1 heterocycles. The van der Waals surface area contributed by atoms with Gasteiger partial charge in [0.1, 0.15) is 5.75 Å². The maximum absolute atomic E-state index is 5.40. The van der Waals surface area contributed by atoms with E-state index >= 15 is 0 Å². The number of nitrogens with zero attached hydrogens (tertiary/aromatic N) is 1. The third kappa shape index (κ3) is 2.27. The zero-order chi connectivity index (χ0) is 10.7. The van der Waals surface area contributed by atoms with E-state index in [1.807, 2.05) is 24.3 Å². The number of hydrogen-bond acceptors (Lipinski definition) is 3. The number of ether oxygens (including phenoxy) is 2. The summed E-state index contributed by atoms with van der Waals surface area (Å²) in [5, 5.41) is 1.05. The number of halogens is 1. The molecule has 0 aliphatic rings. The minimum absolute atomic E-state index is 0.240. The number of aromatic nitrogens is 1. The Hall–Kier alpha value is -1.13. The smallest absolute Gasteiger partial charge is 0.188 e. The number of rotatable bonds is 3. The van der Waals surface area contributed by atoms with Gasteiger partial charge in [0.25, 0.3) is 0 Å². The maximum atomic E-state index is 5.40. The summed E-state index contributed by atoms with van der Waals surface area (Å²) < 4.78 is 11.1. The maximum Gasteiger partial charge on any atom is 0.188 e. The van der Waals surface area contributed by atoms with E-state index in [-0.39, 0.29) is 6.79 Å². The molecule has 0 fully saturated rings. The number of fused-ring (bicyclic) bond motifs is 1. The van der Waals surface area contributed by atoms with Crippen molar-refractivity contribution in [2.45, 2.75) is 0 Å². The van der Waals surface area contributed by atoms with Crippen molar-refractivity contribution in [3.63, 3.8) is 0 Å². The fourth-order valence-electron chi connectivity index (χ4n) is 1.31. The summed E-state index contributed by atoms with van der Waals surface area (Å²) in [5.74, 6) is 0.761. The average Bonchev–Trinajstić information content (AvgIpc) is 2.26. The summed E-state index contributed by atoms with van der Waals surface area (Å²) in [5.41, 5.74) is 0.939. The molecule has 2 aromatic rings. The van der Waals surface area contributed by atoms with E-state index in [1.165, 1.54) is 0 Å². The van der Waals surface area contributed by atoms with Gasteiger partial charge in [-0.25, -0.2) is 0 Å². The monoisotopic (exact) mass is 267 g/mol. The summed E-state index contributed by atoms with van der Waals surface area (Å²) in [6, 6.07) is 7.76. The predicted molar refractivity (Wildman–Crippen MR) is 61.9 cm³/mol.